The van der Waals surface area contributed by atoms with Crippen molar-refractivity contribution in [3.05, 3.63) is 47.0 Å². The molecular weight excluding hydrogens is 268 g/mol. The summed E-state index contributed by atoms with van der Waals surface area (Å²) < 4.78 is 32.1. The van der Waals surface area contributed by atoms with Gasteiger partial charge in [-0.2, -0.15) is 0 Å². The highest BCUT2D eigenvalue weighted by Gasteiger charge is 2.14. The van der Waals surface area contributed by atoms with E-state index in [1.807, 2.05) is 0 Å². The van der Waals surface area contributed by atoms with Crippen LogP contribution in [0.5, 0.6) is 5.75 Å². The molecule has 0 unspecified atom stereocenters. The van der Waals surface area contributed by atoms with Crippen LogP contribution in [-0.4, -0.2) is 19.1 Å². The summed E-state index contributed by atoms with van der Waals surface area (Å²) >= 11 is 0. The number of ether oxygens (including phenoxy) is 1. The molecule has 0 saturated heterocycles. The summed E-state index contributed by atoms with van der Waals surface area (Å²) in [7, 11) is 2.75. The van der Waals surface area contributed by atoms with Gasteiger partial charge in [-0.15, -0.1) is 4.91 Å². The number of nitroso groups, excluding NO2 is 1. The van der Waals surface area contributed by atoms with E-state index in [2.05, 4.69) is 10.3 Å². The first-order chi connectivity index (χ1) is 9.56. The molecule has 0 amide bonds. The molecule has 0 aliphatic carbocycles. The van der Waals surface area contributed by atoms with Gasteiger partial charge in [0.25, 0.3) is 0 Å². The van der Waals surface area contributed by atoms with E-state index in [0.29, 0.717) is 5.56 Å². The van der Waals surface area contributed by atoms with Crippen LogP contribution in [-0.2, 0) is 0 Å². The molecule has 1 aromatic heterocycles. The number of rotatable bonds is 4. The third-order valence-corrected chi connectivity index (χ3v) is 2.75. The molecule has 1 heterocycles. The molecule has 1 aromatic carbocycles. The number of hydrogen-bond donors (Lipinski definition) is 0. The van der Waals surface area contributed by atoms with Gasteiger partial charge in [-0.25, -0.2) is 18.8 Å². The summed E-state index contributed by atoms with van der Waals surface area (Å²) in [6.07, 6.45) is 0.967. The number of methoxy groups -OCH3 is 1. The highest BCUT2D eigenvalue weighted by atomic mass is 19.1. The molecule has 0 atom stereocenters. The average molecular weight is 279 g/mol. The Morgan fingerprint density at radius 2 is 2.00 bits per heavy atom. The van der Waals surface area contributed by atoms with Crippen molar-refractivity contribution in [3.8, 4) is 16.9 Å². The lowest BCUT2D eigenvalue weighted by molar-refractivity contribution is 0.412. The number of aromatic nitrogens is 1. The van der Waals surface area contributed by atoms with Crippen molar-refractivity contribution in [1.82, 2.24) is 4.98 Å². The average Bonchev–Trinajstić information content (AvgIpc) is 2.47. The molecule has 0 saturated carbocycles. The molecule has 0 bridgehead atoms. The van der Waals surface area contributed by atoms with Gasteiger partial charge in [0.2, 0.25) is 0 Å². The molecular formula is C13H11F2N3O2. The van der Waals surface area contributed by atoms with Crippen molar-refractivity contribution in [3.63, 3.8) is 0 Å². The predicted octanol–water partition coefficient (Wildman–Crippen LogP) is 3.15. The smallest absolute Gasteiger partial charge is 0.152 e. The van der Waals surface area contributed by atoms with Crippen LogP contribution in [0.1, 0.15) is 0 Å². The largest absolute Gasteiger partial charge is 0.496 e. The summed E-state index contributed by atoms with van der Waals surface area (Å²) in [5.41, 5.74) is 0.497. The Hall–Kier alpha value is -2.57. The number of pyridine rings is 1. The summed E-state index contributed by atoms with van der Waals surface area (Å²) in [6, 6.07) is 5.08. The van der Waals surface area contributed by atoms with E-state index in [0.717, 1.165) is 17.3 Å². The lowest BCUT2D eigenvalue weighted by Gasteiger charge is -2.12. The highest BCUT2D eigenvalue weighted by Crippen LogP contribution is 2.33. The molecule has 5 nitrogen and oxygen atoms in total. The molecule has 0 aliphatic heterocycles. The molecule has 0 radical (unpaired) electrons. The number of anilines is 1. The van der Waals surface area contributed by atoms with Crippen molar-refractivity contribution < 1.29 is 13.5 Å². The molecule has 0 spiro atoms. The first-order valence-electron chi connectivity index (χ1n) is 5.63. The van der Waals surface area contributed by atoms with E-state index < -0.39 is 11.6 Å². The van der Waals surface area contributed by atoms with Crippen molar-refractivity contribution in [2.75, 3.05) is 19.2 Å². The Morgan fingerprint density at radius 3 is 2.65 bits per heavy atom. The maximum atomic E-state index is 13.9. The number of hydrogen-bond acceptors (Lipinski definition) is 4. The topological polar surface area (TPSA) is 54.8 Å². The third-order valence-electron chi connectivity index (χ3n) is 2.75. The predicted molar refractivity (Wildman–Crippen MR) is 70.3 cm³/mol. The van der Waals surface area contributed by atoms with Gasteiger partial charge in [-0.3, -0.25) is 0 Å². The molecule has 2 aromatic rings. The van der Waals surface area contributed by atoms with Crippen molar-refractivity contribution in [2.45, 2.75) is 0 Å². The van der Waals surface area contributed by atoms with E-state index in [4.69, 9.17) is 4.74 Å². The van der Waals surface area contributed by atoms with Crippen molar-refractivity contribution in [2.24, 2.45) is 5.29 Å². The summed E-state index contributed by atoms with van der Waals surface area (Å²) in [6.45, 7) is 0. The first kappa shape index (κ1) is 13.9. The van der Waals surface area contributed by atoms with E-state index in [1.54, 1.807) is 0 Å². The second kappa shape index (κ2) is 5.60. The normalized spacial score (nSPS) is 10.2. The molecule has 0 fully saturated rings. The second-order valence-corrected chi connectivity index (χ2v) is 3.97. The molecule has 20 heavy (non-hydrogen) atoms. The minimum atomic E-state index is -0.613. The van der Waals surface area contributed by atoms with E-state index >= 15 is 0 Å². The zero-order chi connectivity index (χ0) is 14.7. The zero-order valence-corrected chi connectivity index (χ0v) is 10.8. The van der Waals surface area contributed by atoms with Crippen LogP contribution in [0, 0.1) is 16.5 Å². The van der Waals surface area contributed by atoms with Crippen molar-refractivity contribution in [1.29, 1.82) is 0 Å². The Labute approximate surface area is 113 Å². The number of nitrogens with zero attached hydrogens (tertiary/aromatic N) is 3. The molecule has 0 N–H and O–H groups in total. The monoisotopic (exact) mass is 279 g/mol. The van der Waals surface area contributed by atoms with Crippen LogP contribution in [0.4, 0.5) is 14.6 Å². The van der Waals surface area contributed by atoms with Crippen molar-refractivity contribution >= 4 is 5.82 Å². The highest BCUT2D eigenvalue weighted by molar-refractivity contribution is 5.73. The van der Waals surface area contributed by atoms with Gasteiger partial charge in [-0.1, -0.05) is 0 Å². The fraction of sp³-hybridized carbons (Fsp3) is 0.154. The van der Waals surface area contributed by atoms with Gasteiger partial charge in [0, 0.05) is 24.2 Å². The van der Waals surface area contributed by atoms with Gasteiger partial charge in [-0.05, 0) is 18.2 Å². The molecule has 2 rings (SSSR count). The minimum absolute atomic E-state index is 0.141. The lowest BCUT2D eigenvalue weighted by atomic mass is 10.0. The lowest BCUT2D eigenvalue weighted by Crippen LogP contribution is -2.09. The van der Waals surface area contributed by atoms with Gasteiger partial charge in [0.1, 0.15) is 17.4 Å². The number of benzene rings is 1. The van der Waals surface area contributed by atoms with Crippen LogP contribution in [0.15, 0.2) is 35.7 Å². The fourth-order valence-electron chi connectivity index (χ4n) is 1.74. The van der Waals surface area contributed by atoms with E-state index in [9.17, 15) is 13.7 Å². The van der Waals surface area contributed by atoms with Gasteiger partial charge < -0.3 is 4.74 Å². The zero-order valence-electron chi connectivity index (χ0n) is 10.8. The maximum absolute atomic E-state index is 13.9. The van der Waals surface area contributed by atoms with Crippen LogP contribution in [0.25, 0.3) is 11.1 Å². The Morgan fingerprint density at radius 1 is 1.25 bits per heavy atom. The minimum Gasteiger partial charge on any atom is -0.496 e. The third kappa shape index (κ3) is 2.56. The Kier molecular flexibility index (Phi) is 3.88. The molecule has 0 aliphatic rings. The molecule has 104 valence electrons. The van der Waals surface area contributed by atoms with Gasteiger partial charge >= 0.3 is 0 Å². The summed E-state index contributed by atoms with van der Waals surface area (Å²) in [5.74, 6) is -0.754. The molecule has 7 heteroatoms. The Balaban J connectivity index is 2.59. The maximum Gasteiger partial charge on any atom is 0.152 e. The van der Waals surface area contributed by atoms with Crippen LogP contribution in [0.2, 0.25) is 0 Å². The van der Waals surface area contributed by atoms with E-state index in [-0.39, 0.29) is 17.1 Å². The SMILES string of the molecule is COc1cc(F)ccc1-c1cc(N(C)N=O)ncc1F. The summed E-state index contributed by atoms with van der Waals surface area (Å²) in [4.78, 5) is 14.2. The van der Waals surface area contributed by atoms with Gasteiger partial charge in [0.05, 0.1) is 18.6 Å². The van der Waals surface area contributed by atoms with E-state index in [1.165, 1.54) is 32.4 Å². The van der Waals surface area contributed by atoms with Gasteiger partial charge in [0.15, 0.2) is 5.82 Å². The first-order valence-corrected chi connectivity index (χ1v) is 5.63. The standard InChI is InChI=1S/C13H11F2N3O2/c1-18(17-19)13-6-10(11(15)7-16-13)9-4-3-8(14)5-12(9)20-2/h3-7H,1-2H3. The second-order valence-electron chi connectivity index (χ2n) is 3.97. The van der Waals surface area contributed by atoms with Crippen LogP contribution < -0.4 is 9.75 Å². The fourth-order valence-corrected chi connectivity index (χ4v) is 1.74. The summed E-state index contributed by atoms with van der Waals surface area (Å²) in [5, 5.41) is 3.64. The Bertz CT molecular complexity index is 650. The van der Waals surface area contributed by atoms with Crippen LogP contribution in [0.3, 0.4) is 0 Å². The quantitative estimate of drug-likeness (QED) is 0.637. The van der Waals surface area contributed by atoms with Crippen LogP contribution >= 0.6 is 0 Å². The number of halogens is 2.